The lowest BCUT2D eigenvalue weighted by molar-refractivity contribution is -0.138. The van der Waals surface area contributed by atoms with Crippen molar-refractivity contribution in [2.75, 3.05) is 23.7 Å². The predicted octanol–water partition coefficient (Wildman–Crippen LogP) is 6.84. The number of benzene rings is 2. The Bertz CT molecular complexity index is 1660. The third kappa shape index (κ3) is 6.07. The number of nitrogens with one attached hydrogen (secondary N) is 2. The number of piperidine rings is 1. The first kappa shape index (κ1) is 28.7. The van der Waals surface area contributed by atoms with Crippen LogP contribution in [-0.4, -0.2) is 50.8 Å². The van der Waals surface area contributed by atoms with Gasteiger partial charge in [0.1, 0.15) is 11.9 Å². The molecule has 2 fully saturated rings. The highest BCUT2D eigenvalue weighted by Crippen LogP contribution is 2.47. The molecule has 43 heavy (non-hydrogen) atoms. The molecule has 3 heterocycles. The number of nitrogens with zero attached hydrogens (tertiary/aromatic N) is 4. The molecule has 9 heteroatoms. The highest BCUT2D eigenvalue weighted by atomic mass is 16.5. The number of amides is 3. The van der Waals surface area contributed by atoms with Gasteiger partial charge in [0.05, 0.1) is 23.3 Å². The zero-order chi connectivity index (χ0) is 30.4. The number of carbonyl (C=O) groups is 2. The molecule has 1 saturated carbocycles. The number of anilines is 2. The van der Waals surface area contributed by atoms with E-state index in [1.54, 1.807) is 10.9 Å². The quantitative estimate of drug-likeness (QED) is 0.260. The molecule has 1 aliphatic heterocycles. The SMILES string of the molecule is Cc1ccc(-n2nc(C(C)(C)C)cc2NC(=O)Nc2cnc(OC3CCN(C(=O)C4(C)CC4)CC3)c3ccccc23)cc1. The van der Waals surface area contributed by atoms with E-state index in [1.165, 1.54) is 0 Å². The second-order valence-electron chi connectivity index (χ2n) is 13.2. The van der Waals surface area contributed by atoms with Crippen LogP contribution < -0.4 is 15.4 Å². The van der Waals surface area contributed by atoms with E-state index in [4.69, 9.17) is 9.84 Å². The molecule has 0 bridgehead atoms. The summed E-state index contributed by atoms with van der Waals surface area (Å²) >= 11 is 0. The molecule has 0 atom stereocenters. The van der Waals surface area contributed by atoms with E-state index in [2.05, 4.69) is 43.3 Å². The van der Waals surface area contributed by atoms with Crippen LogP contribution in [-0.2, 0) is 10.2 Å². The molecule has 1 saturated heterocycles. The number of likely N-dealkylation sites (tertiary alicyclic amines) is 1. The van der Waals surface area contributed by atoms with Gasteiger partial charge in [-0.05, 0) is 38.0 Å². The number of carbonyl (C=O) groups excluding carboxylic acids is 2. The van der Waals surface area contributed by atoms with E-state index < -0.39 is 6.03 Å². The van der Waals surface area contributed by atoms with Crippen molar-refractivity contribution in [3.05, 3.63) is 72.1 Å². The topological polar surface area (TPSA) is 101 Å². The average Bonchev–Trinajstić information content (AvgIpc) is 3.60. The molecule has 4 aromatic rings. The Hall–Kier alpha value is -4.40. The number of pyridine rings is 1. The predicted molar refractivity (Wildman–Crippen MR) is 169 cm³/mol. The zero-order valence-corrected chi connectivity index (χ0v) is 25.6. The molecule has 224 valence electrons. The molecule has 2 aliphatic rings. The van der Waals surface area contributed by atoms with E-state index in [1.807, 2.05) is 66.4 Å². The van der Waals surface area contributed by atoms with E-state index in [-0.39, 0.29) is 22.8 Å². The third-order valence-electron chi connectivity index (χ3n) is 8.53. The van der Waals surface area contributed by atoms with Gasteiger partial charge in [0, 0.05) is 53.6 Å². The van der Waals surface area contributed by atoms with Gasteiger partial charge in [-0.2, -0.15) is 5.10 Å². The van der Waals surface area contributed by atoms with Gasteiger partial charge >= 0.3 is 6.03 Å². The minimum atomic E-state index is -0.393. The maximum Gasteiger partial charge on any atom is 0.324 e. The highest BCUT2D eigenvalue weighted by Gasteiger charge is 2.47. The fraction of sp³-hybridized carbons (Fsp3) is 0.412. The van der Waals surface area contributed by atoms with Crippen LogP contribution in [0.4, 0.5) is 16.3 Å². The molecule has 0 unspecified atom stereocenters. The molecular weight excluding hydrogens is 540 g/mol. The van der Waals surface area contributed by atoms with Crippen LogP contribution in [0.15, 0.2) is 60.8 Å². The molecule has 0 radical (unpaired) electrons. The lowest BCUT2D eigenvalue weighted by atomic mass is 9.92. The molecule has 1 aliphatic carbocycles. The minimum Gasteiger partial charge on any atom is -0.474 e. The number of ether oxygens (including phenoxy) is 1. The summed E-state index contributed by atoms with van der Waals surface area (Å²) in [5.74, 6) is 1.39. The van der Waals surface area contributed by atoms with Crippen LogP contribution in [0, 0.1) is 12.3 Å². The number of urea groups is 1. The fourth-order valence-corrected chi connectivity index (χ4v) is 5.47. The molecule has 0 spiro atoms. The summed E-state index contributed by atoms with van der Waals surface area (Å²) in [7, 11) is 0. The van der Waals surface area contributed by atoms with Crippen molar-refractivity contribution >= 4 is 34.2 Å². The first-order valence-electron chi connectivity index (χ1n) is 15.1. The Balaban J connectivity index is 1.17. The van der Waals surface area contributed by atoms with Gasteiger partial charge in [-0.3, -0.25) is 10.1 Å². The van der Waals surface area contributed by atoms with Crippen LogP contribution in [0.5, 0.6) is 5.88 Å². The van der Waals surface area contributed by atoms with Crippen molar-refractivity contribution in [3.8, 4) is 11.6 Å². The molecule has 3 amide bonds. The Kier molecular flexibility index (Phi) is 7.36. The Morgan fingerprint density at radius 1 is 0.977 bits per heavy atom. The van der Waals surface area contributed by atoms with Crippen molar-refractivity contribution in [1.29, 1.82) is 0 Å². The Morgan fingerprint density at radius 2 is 1.65 bits per heavy atom. The lowest BCUT2D eigenvalue weighted by Gasteiger charge is -2.33. The second-order valence-corrected chi connectivity index (χ2v) is 13.2. The summed E-state index contributed by atoms with van der Waals surface area (Å²) < 4.78 is 8.13. The number of rotatable bonds is 6. The van der Waals surface area contributed by atoms with Gasteiger partial charge in [0.2, 0.25) is 11.8 Å². The van der Waals surface area contributed by atoms with Gasteiger partial charge in [0.25, 0.3) is 0 Å². The van der Waals surface area contributed by atoms with Gasteiger partial charge < -0.3 is 15.0 Å². The minimum absolute atomic E-state index is 0.0202. The summed E-state index contributed by atoms with van der Waals surface area (Å²) in [5.41, 5.74) is 3.12. The van der Waals surface area contributed by atoms with Gasteiger partial charge in [0.15, 0.2) is 0 Å². The van der Waals surface area contributed by atoms with Crippen LogP contribution in [0.3, 0.4) is 0 Å². The average molecular weight is 581 g/mol. The van der Waals surface area contributed by atoms with Gasteiger partial charge in [-0.25, -0.2) is 14.5 Å². The number of aromatic nitrogens is 3. The van der Waals surface area contributed by atoms with Crippen LogP contribution in [0.2, 0.25) is 0 Å². The van der Waals surface area contributed by atoms with Crippen molar-refractivity contribution in [1.82, 2.24) is 19.7 Å². The standard InChI is InChI=1S/C34H40N6O3/c1-22-10-12-23(13-11-22)40-29(20-28(38-40)33(2,3)4)37-32(42)36-27-21-35-30(26-9-7-6-8-25(26)27)43-24-14-18-39(19-15-24)31(41)34(5)16-17-34/h6-13,20-21,24H,14-19H2,1-5H3,(H2,36,37,42). The van der Waals surface area contributed by atoms with E-state index >= 15 is 0 Å². The van der Waals surface area contributed by atoms with E-state index in [0.29, 0.717) is 30.5 Å². The second kappa shape index (κ2) is 11.0. The van der Waals surface area contributed by atoms with E-state index in [0.717, 1.165) is 53.4 Å². The Morgan fingerprint density at radius 3 is 2.30 bits per heavy atom. The number of hydrogen-bond acceptors (Lipinski definition) is 5. The first-order chi connectivity index (χ1) is 20.5. The molecule has 2 aromatic heterocycles. The summed E-state index contributed by atoms with van der Waals surface area (Å²) in [6.07, 6.45) is 5.14. The normalized spacial score (nSPS) is 16.6. The zero-order valence-electron chi connectivity index (χ0n) is 25.6. The van der Waals surface area contributed by atoms with Crippen molar-refractivity contribution in [3.63, 3.8) is 0 Å². The number of aryl methyl sites for hydroxylation is 1. The fourth-order valence-electron chi connectivity index (χ4n) is 5.47. The Labute approximate surface area is 252 Å². The van der Waals surface area contributed by atoms with Crippen molar-refractivity contribution < 1.29 is 14.3 Å². The molecule has 9 nitrogen and oxygen atoms in total. The maximum absolute atomic E-state index is 13.3. The van der Waals surface area contributed by atoms with Gasteiger partial charge in [-0.1, -0.05) is 63.6 Å². The summed E-state index contributed by atoms with van der Waals surface area (Å²) in [4.78, 5) is 32.7. The molecular formula is C34H40N6O3. The monoisotopic (exact) mass is 580 g/mol. The largest absolute Gasteiger partial charge is 0.474 e. The summed E-state index contributed by atoms with van der Waals surface area (Å²) in [6.45, 7) is 11.8. The molecule has 6 rings (SSSR count). The van der Waals surface area contributed by atoms with Crippen LogP contribution >= 0.6 is 0 Å². The van der Waals surface area contributed by atoms with Crippen molar-refractivity contribution in [2.45, 2.75) is 71.8 Å². The van der Waals surface area contributed by atoms with Crippen LogP contribution in [0.1, 0.15) is 64.6 Å². The highest BCUT2D eigenvalue weighted by molar-refractivity contribution is 6.06. The first-order valence-corrected chi connectivity index (χ1v) is 15.1. The molecule has 2 N–H and O–H groups in total. The van der Waals surface area contributed by atoms with E-state index in [9.17, 15) is 9.59 Å². The number of fused-ring (bicyclic) bond motifs is 1. The summed E-state index contributed by atoms with van der Waals surface area (Å²) in [5, 5.41) is 12.4. The summed E-state index contributed by atoms with van der Waals surface area (Å²) in [6, 6.07) is 17.3. The van der Waals surface area contributed by atoms with Crippen molar-refractivity contribution in [2.24, 2.45) is 5.41 Å². The molecule has 2 aromatic carbocycles. The lowest BCUT2D eigenvalue weighted by Crippen LogP contribution is -2.44. The third-order valence-corrected chi connectivity index (χ3v) is 8.53. The maximum atomic E-state index is 13.3. The van der Waals surface area contributed by atoms with Gasteiger partial charge in [-0.15, -0.1) is 0 Å². The number of hydrogen-bond donors (Lipinski definition) is 2. The smallest absolute Gasteiger partial charge is 0.324 e. The van der Waals surface area contributed by atoms with Crippen LogP contribution in [0.25, 0.3) is 16.5 Å².